The molecule has 22 heavy (non-hydrogen) atoms. The maximum absolute atomic E-state index is 12.4. The molecule has 1 N–H and O–H groups in total. The van der Waals surface area contributed by atoms with E-state index >= 15 is 0 Å². The number of carbonyl (C=O) groups excluding carboxylic acids is 1. The number of nitrogens with one attached hydrogen (secondary N) is 1. The molecule has 118 valence electrons. The highest BCUT2D eigenvalue weighted by atomic mass is 16.2. The second-order valence-electron chi connectivity index (χ2n) is 5.89. The van der Waals surface area contributed by atoms with Crippen LogP contribution in [0.5, 0.6) is 0 Å². The van der Waals surface area contributed by atoms with Crippen molar-refractivity contribution in [2.45, 2.75) is 38.8 Å². The first-order chi connectivity index (χ1) is 10.5. The molecule has 1 saturated heterocycles. The van der Waals surface area contributed by atoms with Crippen LogP contribution in [0.25, 0.3) is 0 Å². The summed E-state index contributed by atoms with van der Waals surface area (Å²) in [6.07, 6.45) is 2.00. The van der Waals surface area contributed by atoms with Gasteiger partial charge in [-0.05, 0) is 44.5 Å². The lowest BCUT2D eigenvalue weighted by Gasteiger charge is -2.40. The van der Waals surface area contributed by atoms with Gasteiger partial charge in [0.15, 0.2) is 0 Å². The standard InChI is InChI=1S/C17H24N4O/c1-4-21-9-8-16(10-13(21)2)20(3)17(22)19-15-7-5-6-14(11-15)12-18/h5-7,11,13,16H,4,8-10H2,1-3H3,(H,19,22)/t13-,16+/m0/s1. The van der Waals surface area contributed by atoms with Crippen molar-refractivity contribution >= 4 is 11.7 Å². The number of urea groups is 1. The number of rotatable bonds is 3. The summed E-state index contributed by atoms with van der Waals surface area (Å²) in [5, 5.41) is 11.8. The van der Waals surface area contributed by atoms with Gasteiger partial charge in [-0.25, -0.2) is 4.79 Å². The number of anilines is 1. The molecule has 0 saturated carbocycles. The average Bonchev–Trinajstić information content (AvgIpc) is 2.54. The zero-order chi connectivity index (χ0) is 16.1. The van der Waals surface area contributed by atoms with Gasteiger partial charge >= 0.3 is 6.03 Å². The average molecular weight is 300 g/mol. The summed E-state index contributed by atoms with van der Waals surface area (Å²) >= 11 is 0. The summed E-state index contributed by atoms with van der Waals surface area (Å²) in [5.41, 5.74) is 1.21. The van der Waals surface area contributed by atoms with Crippen LogP contribution in [0.1, 0.15) is 32.3 Å². The minimum Gasteiger partial charge on any atom is -0.325 e. The number of nitrogens with zero attached hydrogens (tertiary/aromatic N) is 3. The molecule has 2 rings (SSSR count). The molecule has 0 radical (unpaired) electrons. The number of hydrogen-bond donors (Lipinski definition) is 1. The van der Waals surface area contributed by atoms with E-state index in [2.05, 4.69) is 30.1 Å². The Labute approximate surface area is 132 Å². The molecule has 0 bridgehead atoms. The van der Waals surface area contributed by atoms with Crippen molar-refractivity contribution in [3.05, 3.63) is 29.8 Å². The topological polar surface area (TPSA) is 59.4 Å². The summed E-state index contributed by atoms with van der Waals surface area (Å²) in [4.78, 5) is 16.6. The summed E-state index contributed by atoms with van der Waals surface area (Å²) in [6.45, 7) is 6.49. The maximum atomic E-state index is 12.4. The van der Waals surface area contributed by atoms with Gasteiger partial charge in [0.05, 0.1) is 11.6 Å². The van der Waals surface area contributed by atoms with Crippen molar-refractivity contribution < 1.29 is 4.79 Å². The van der Waals surface area contributed by atoms with E-state index in [0.29, 0.717) is 17.3 Å². The number of nitriles is 1. The highest BCUT2D eigenvalue weighted by Gasteiger charge is 2.29. The summed E-state index contributed by atoms with van der Waals surface area (Å²) < 4.78 is 0. The fourth-order valence-corrected chi connectivity index (χ4v) is 3.06. The van der Waals surface area contributed by atoms with Gasteiger partial charge in [-0.2, -0.15) is 5.26 Å². The van der Waals surface area contributed by atoms with E-state index in [9.17, 15) is 4.79 Å². The molecule has 0 aliphatic carbocycles. The van der Waals surface area contributed by atoms with E-state index in [4.69, 9.17) is 5.26 Å². The van der Waals surface area contributed by atoms with Crippen LogP contribution < -0.4 is 5.32 Å². The molecule has 0 unspecified atom stereocenters. The summed E-state index contributed by atoms with van der Waals surface area (Å²) in [5.74, 6) is 0. The Bertz CT molecular complexity index is 566. The quantitative estimate of drug-likeness (QED) is 0.933. The Morgan fingerprint density at radius 2 is 2.32 bits per heavy atom. The first-order valence-electron chi connectivity index (χ1n) is 7.83. The van der Waals surface area contributed by atoms with Crippen molar-refractivity contribution in [1.29, 1.82) is 5.26 Å². The van der Waals surface area contributed by atoms with E-state index < -0.39 is 0 Å². The highest BCUT2D eigenvalue weighted by molar-refractivity contribution is 5.89. The minimum atomic E-state index is -0.114. The molecule has 5 heteroatoms. The van der Waals surface area contributed by atoms with Gasteiger partial charge in [-0.3, -0.25) is 0 Å². The number of benzene rings is 1. The van der Waals surface area contributed by atoms with E-state index in [-0.39, 0.29) is 12.1 Å². The van der Waals surface area contributed by atoms with Crippen molar-refractivity contribution in [2.75, 3.05) is 25.5 Å². The summed E-state index contributed by atoms with van der Waals surface area (Å²) in [6, 6.07) is 9.71. The van der Waals surface area contributed by atoms with Crippen molar-refractivity contribution in [2.24, 2.45) is 0 Å². The van der Waals surface area contributed by atoms with Gasteiger partial charge in [0, 0.05) is 31.4 Å². The molecule has 2 atom stereocenters. The smallest absolute Gasteiger partial charge is 0.321 e. The van der Waals surface area contributed by atoms with Crippen LogP contribution >= 0.6 is 0 Å². The van der Waals surface area contributed by atoms with Crippen LogP contribution in [-0.2, 0) is 0 Å². The van der Waals surface area contributed by atoms with Crippen LogP contribution in [0, 0.1) is 11.3 Å². The molecule has 0 spiro atoms. The first kappa shape index (κ1) is 16.3. The van der Waals surface area contributed by atoms with Crippen LogP contribution in [-0.4, -0.2) is 48.1 Å². The van der Waals surface area contributed by atoms with Gasteiger partial charge in [0.25, 0.3) is 0 Å². The first-order valence-corrected chi connectivity index (χ1v) is 7.83. The second-order valence-corrected chi connectivity index (χ2v) is 5.89. The van der Waals surface area contributed by atoms with E-state index in [1.807, 2.05) is 7.05 Å². The lowest BCUT2D eigenvalue weighted by molar-refractivity contribution is 0.104. The Morgan fingerprint density at radius 1 is 1.55 bits per heavy atom. The van der Waals surface area contributed by atoms with Gasteiger partial charge < -0.3 is 15.1 Å². The van der Waals surface area contributed by atoms with Crippen molar-refractivity contribution in [3.8, 4) is 6.07 Å². The Hall–Kier alpha value is -2.06. The number of hydrogen-bond acceptors (Lipinski definition) is 3. The molecular weight excluding hydrogens is 276 g/mol. The van der Waals surface area contributed by atoms with Crippen LogP contribution in [0.4, 0.5) is 10.5 Å². The number of likely N-dealkylation sites (tertiary alicyclic amines) is 1. The van der Waals surface area contributed by atoms with Crippen LogP contribution in [0.2, 0.25) is 0 Å². The van der Waals surface area contributed by atoms with Gasteiger partial charge in [-0.1, -0.05) is 13.0 Å². The van der Waals surface area contributed by atoms with Gasteiger partial charge in [0.1, 0.15) is 0 Å². The number of carbonyl (C=O) groups is 1. The monoisotopic (exact) mass is 300 g/mol. The largest absolute Gasteiger partial charge is 0.325 e. The summed E-state index contributed by atoms with van der Waals surface area (Å²) in [7, 11) is 1.85. The highest BCUT2D eigenvalue weighted by Crippen LogP contribution is 2.21. The van der Waals surface area contributed by atoms with Gasteiger partial charge in [-0.15, -0.1) is 0 Å². The maximum Gasteiger partial charge on any atom is 0.321 e. The predicted octanol–water partition coefficient (Wildman–Crippen LogP) is 2.89. The molecule has 5 nitrogen and oxygen atoms in total. The molecule has 1 heterocycles. The van der Waals surface area contributed by atoms with Crippen molar-refractivity contribution in [3.63, 3.8) is 0 Å². The Morgan fingerprint density at radius 3 is 2.95 bits per heavy atom. The lowest BCUT2D eigenvalue weighted by atomic mass is 9.97. The SMILES string of the molecule is CCN1CC[C@@H](N(C)C(=O)Nc2cccc(C#N)c2)C[C@@H]1C. The lowest BCUT2D eigenvalue weighted by Crippen LogP contribution is -2.50. The Kier molecular flexibility index (Phi) is 5.40. The number of amides is 2. The molecule has 2 amide bonds. The zero-order valence-electron chi connectivity index (χ0n) is 13.5. The normalized spacial score (nSPS) is 21.9. The third kappa shape index (κ3) is 3.77. The van der Waals surface area contributed by atoms with E-state index in [1.165, 1.54) is 0 Å². The fraction of sp³-hybridized carbons (Fsp3) is 0.529. The molecule has 1 aliphatic rings. The van der Waals surface area contributed by atoms with Crippen LogP contribution in [0.3, 0.4) is 0 Å². The molecular formula is C17H24N4O. The molecule has 0 aromatic heterocycles. The fourth-order valence-electron chi connectivity index (χ4n) is 3.06. The predicted molar refractivity (Wildman–Crippen MR) is 87.7 cm³/mol. The third-order valence-electron chi connectivity index (χ3n) is 4.50. The second kappa shape index (κ2) is 7.28. The third-order valence-corrected chi connectivity index (χ3v) is 4.50. The molecule has 1 fully saturated rings. The van der Waals surface area contributed by atoms with Gasteiger partial charge in [0.2, 0.25) is 0 Å². The van der Waals surface area contributed by atoms with Crippen LogP contribution in [0.15, 0.2) is 24.3 Å². The van der Waals surface area contributed by atoms with Crippen molar-refractivity contribution in [1.82, 2.24) is 9.80 Å². The zero-order valence-corrected chi connectivity index (χ0v) is 13.5. The van der Waals surface area contributed by atoms with E-state index in [0.717, 1.165) is 25.9 Å². The minimum absolute atomic E-state index is 0.114. The molecule has 1 aromatic carbocycles. The number of piperidine rings is 1. The van der Waals surface area contributed by atoms with E-state index in [1.54, 1.807) is 29.2 Å². The Balaban J connectivity index is 1.96. The molecule has 1 aliphatic heterocycles. The molecule has 1 aromatic rings.